The van der Waals surface area contributed by atoms with E-state index in [2.05, 4.69) is 9.80 Å². The van der Waals surface area contributed by atoms with Crippen molar-refractivity contribution in [2.75, 3.05) is 26.2 Å². The molecule has 1 atom stereocenters. The Kier molecular flexibility index (Phi) is 3.19. The van der Waals surface area contributed by atoms with Crippen molar-refractivity contribution in [3.63, 3.8) is 0 Å². The quantitative estimate of drug-likeness (QED) is 0.689. The molecule has 2 aliphatic heterocycles. The number of hydrogen-bond donors (Lipinski definition) is 1. The zero-order chi connectivity index (χ0) is 9.10. The van der Waals surface area contributed by atoms with Crippen LogP contribution in [0.5, 0.6) is 0 Å². The molecule has 1 N–H and O–H groups in total. The van der Waals surface area contributed by atoms with E-state index in [9.17, 15) is 5.11 Å². The van der Waals surface area contributed by atoms with Gasteiger partial charge in [0.15, 0.2) is 6.35 Å². The molecule has 2 heterocycles. The smallest absolute Gasteiger partial charge is 0.165 e. The molecule has 0 saturated carbocycles. The molecular weight excluding hydrogens is 164 g/mol. The molecule has 2 saturated heterocycles. The Hall–Kier alpha value is -0.120. The summed E-state index contributed by atoms with van der Waals surface area (Å²) in [5, 5.41) is 10.0. The minimum Gasteiger partial charge on any atom is -0.365 e. The number of piperidine rings is 1. The first kappa shape index (κ1) is 9.44. The van der Waals surface area contributed by atoms with Crippen molar-refractivity contribution < 1.29 is 5.11 Å². The predicted molar refractivity (Wildman–Crippen MR) is 52.2 cm³/mol. The molecule has 0 aromatic carbocycles. The maximum absolute atomic E-state index is 10.0. The fourth-order valence-corrected chi connectivity index (χ4v) is 2.35. The van der Waals surface area contributed by atoms with Crippen LogP contribution in [0.3, 0.4) is 0 Å². The van der Waals surface area contributed by atoms with Crippen LogP contribution in [0, 0.1) is 0 Å². The summed E-state index contributed by atoms with van der Waals surface area (Å²) < 4.78 is 0. The van der Waals surface area contributed by atoms with E-state index in [1.165, 1.54) is 32.1 Å². The van der Waals surface area contributed by atoms with Crippen LogP contribution in [0.2, 0.25) is 0 Å². The zero-order valence-corrected chi connectivity index (χ0v) is 8.28. The van der Waals surface area contributed by atoms with E-state index in [0.29, 0.717) is 0 Å². The van der Waals surface area contributed by atoms with Crippen LogP contribution < -0.4 is 0 Å². The average molecular weight is 184 g/mol. The SMILES string of the molecule is OC(N1CCCCC1)N1CCCC1. The van der Waals surface area contributed by atoms with E-state index >= 15 is 0 Å². The van der Waals surface area contributed by atoms with Crippen molar-refractivity contribution in [3.8, 4) is 0 Å². The summed E-state index contributed by atoms with van der Waals surface area (Å²) in [5.41, 5.74) is 0. The van der Waals surface area contributed by atoms with Crippen molar-refractivity contribution in [1.82, 2.24) is 9.80 Å². The molecule has 0 bridgehead atoms. The van der Waals surface area contributed by atoms with E-state index in [4.69, 9.17) is 0 Å². The van der Waals surface area contributed by atoms with Gasteiger partial charge >= 0.3 is 0 Å². The Bertz CT molecular complexity index is 151. The Labute approximate surface area is 80.3 Å². The van der Waals surface area contributed by atoms with E-state index < -0.39 is 0 Å². The van der Waals surface area contributed by atoms with Gasteiger partial charge in [0.1, 0.15) is 0 Å². The molecule has 0 spiro atoms. The molecule has 3 heteroatoms. The van der Waals surface area contributed by atoms with E-state index in [-0.39, 0.29) is 6.35 Å². The monoisotopic (exact) mass is 184 g/mol. The first-order valence-electron chi connectivity index (χ1n) is 5.54. The molecule has 76 valence electrons. The third kappa shape index (κ3) is 2.22. The maximum Gasteiger partial charge on any atom is 0.165 e. The van der Waals surface area contributed by atoms with Gasteiger partial charge in [-0.15, -0.1) is 0 Å². The second kappa shape index (κ2) is 4.40. The minimum atomic E-state index is -0.289. The lowest BCUT2D eigenvalue weighted by Crippen LogP contribution is -2.49. The fraction of sp³-hybridized carbons (Fsp3) is 1.00. The van der Waals surface area contributed by atoms with Gasteiger partial charge in [0.05, 0.1) is 0 Å². The number of nitrogens with zero attached hydrogens (tertiary/aromatic N) is 2. The van der Waals surface area contributed by atoms with Crippen molar-refractivity contribution in [1.29, 1.82) is 0 Å². The van der Waals surface area contributed by atoms with Crippen LogP contribution in [0.4, 0.5) is 0 Å². The average Bonchev–Trinajstić information content (AvgIpc) is 2.71. The van der Waals surface area contributed by atoms with E-state index in [1.54, 1.807) is 0 Å². The number of hydrogen-bond acceptors (Lipinski definition) is 3. The summed E-state index contributed by atoms with van der Waals surface area (Å²) in [6, 6.07) is 0. The molecule has 0 amide bonds. The van der Waals surface area contributed by atoms with Gasteiger partial charge in [0, 0.05) is 26.2 Å². The lowest BCUT2D eigenvalue weighted by Gasteiger charge is -2.35. The second-order valence-corrected chi connectivity index (χ2v) is 4.19. The minimum absolute atomic E-state index is 0.289. The highest BCUT2D eigenvalue weighted by molar-refractivity contribution is 4.72. The van der Waals surface area contributed by atoms with Gasteiger partial charge in [-0.3, -0.25) is 9.80 Å². The molecule has 2 fully saturated rings. The lowest BCUT2D eigenvalue weighted by molar-refractivity contribution is -0.109. The van der Waals surface area contributed by atoms with Crippen molar-refractivity contribution in [3.05, 3.63) is 0 Å². The molecule has 0 aromatic heterocycles. The highest BCUT2D eigenvalue weighted by Gasteiger charge is 2.25. The van der Waals surface area contributed by atoms with Gasteiger partial charge in [-0.1, -0.05) is 6.42 Å². The summed E-state index contributed by atoms with van der Waals surface area (Å²) >= 11 is 0. The fourth-order valence-electron chi connectivity index (χ4n) is 2.35. The van der Waals surface area contributed by atoms with Gasteiger partial charge < -0.3 is 5.11 Å². The highest BCUT2D eigenvalue weighted by atomic mass is 16.3. The number of likely N-dealkylation sites (tertiary alicyclic amines) is 2. The summed E-state index contributed by atoms with van der Waals surface area (Å²) in [6.45, 7) is 4.32. The van der Waals surface area contributed by atoms with Crippen LogP contribution in [0.1, 0.15) is 32.1 Å². The number of aliphatic hydroxyl groups excluding tert-OH is 1. The molecule has 1 unspecified atom stereocenters. The molecule has 2 aliphatic rings. The Balaban J connectivity index is 1.83. The Morgan fingerprint density at radius 2 is 1.08 bits per heavy atom. The first-order chi connectivity index (χ1) is 6.38. The van der Waals surface area contributed by atoms with E-state index in [1.807, 2.05) is 0 Å². The summed E-state index contributed by atoms with van der Waals surface area (Å²) in [4.78, 5) is 4.42. The molecule has 13 heavy (non-hydrogen) atoms. The van der Waals surface area contributed by atoms with Crippen LogP contribution in [0.25, 0.3) is 0 Å². The molecule has 0 aromatic rings. The Morgan fingerprint density at radius 3 is 1.54 bits per heavy atom. The second-order valence-electron chi connectivity index (χ2n) is 4.19. The van der Waals surface area contributed by atoms with Crippen LogP contribution in [-0.2, 0) is 0 Å². The molecule has 0 radical (unpaired) electrons. The third-order valence-corrected chi connectivity index (χ3v) is 3.18. The van der Waals surface area contributed by atoms with Gasteiger partial charge in [0.25, 0.3) is 0 Å². The number of rotatable bonds is 2. The summed E-state index contributed by atoms with van der Waals surface area (Å²) in [7, 11) is 0. The van der Waals surface area contributed by atoms with Crippen molar-refractivity contribution in [2.45, 2.75) is 38.5 Å². The van der Waals surface area contributed by atoms with Gasteiger partial charge in [-0.05, 0) is 25.7 Å². The number of aliphatic hydroxyl groups is 1. The normalized spacial score (nSPS) is 29.3. The summed E-state index contributed by atoms with van der Waals surface area (Å²) in [6.07, 6.45) is 6.07. The molecule has 3 nitrogen and oxygen atoms in total. The molecule has 0 aliphatic carbocycles. The molecular formula is C10H20N2O. The largest absolute Gasteiger partial charge is 0.365 e. The molecule has 2 rings (SSSR count). The Morgan fingerprint density at radius 1 is 0.692 bits per heavy atom. The van der Waals surface area contributed by atoms with E-state index in [0.717, 1.165) is 26.2 Å². The van der Waals surface area contributed by atoms with Gasteiger partial charge in [-0.25, -0.2) is 0 Å². The van der Waals surface area contributed by atoms with Crippen LogP contribution in [0.15, 0.2) is 0 Å². The maximum atomic E-state index is 10.0. The standard InChI is InChI=1S/C10H20N2O/c13-10(12-8-4-5-9-12)11-6-2-1-3-7-11/h10,13H,1-9H2. The summed E-state index contributed by atoms with van der Waals surface area (Å²) in [5.74, 6) is 0. The topological polar surface area (TPSA) is 26.7 Å². The van der Waals surface area contributed by atoms with Crippen molar-refractivity contribution in [2.24, 2.45) is 0 Å². The highest BCUT2D eigenvalue weighted by Crippen LogP contribution is 2.17. The van der Waals surface area contributed by atoms with Gasteiger partial charge in [-0.2, -0.15) is 0 Å². The van der Waals surface area contributed by atoms with Gasteiger partial charge in [0.2, 0.25) is 0 Å². The predicted octanol–water partition coefficient (Wildman–Crippen LogP) is 0.844. The third-order valence-electron chi connectivity index (χ3n) is 3.18. The van der Waals surface area contributed by atoms with Crippen LogP contribution in [-0.4, -0.2) is 47.4 Å². The van der Waals surface area contributed by atoms with Crippen LogP contribution >= 0.6 is 0 Å². The zero-order valence-electron chi connectivity index (χ0n) is 8.28. The first-order valence-corrected chi connectivity index (χ1v) is 5.54. The lowest BCUT2D eigenvalue weighted by atomic mass is 10.1. The van der Waals surface area contributed by atoms with Crippen molar-refractivity contribution >= 4 is 0 Å².